The first-order chi connectivity index (χ1) is 15.2. The van der Waals surface area contributed by atoms with Gasteiger partial charge in [0.1, 0.15) is 0 Å². The Morgan fingerprint density at radius 2 is 1.78 bits per heavy atom. The van der Waals surface area contributed by atoms with Gasteiger partial charge in [0.25, 0.3) is 5.91 Å². The second kappa shape index (κ2) is 8.92. The number of piperidine rings is 1. The molecule has 2 aromatic carbocycles. The van der Waals surface area contributed by atoms with Crippen LogP contribution in [0.2, 0.25) is 0 Å². The fourth-order valence-corrected chi connectivity index (χ4v) is 6.81. The molecular formula is C24H29N3O3S2. The molecule has 0 spiro atoms. The average molecular weight is 472 g/mol. The maximum atomic E-state index is 12.9. The Morgan fingerprint density at radius 3 is 2.41 bits per heavy atom. The van der Waals surface area contributed by atoms with Crippen LogP contribution in [0.3, 0.4) is 0 Å². The topological polar surface area (TPSA) is 71.7 Å². The van der Waals surface area contributed by atoms with E-state index in [-0.39, 0.29) is 10.8 Å². The molecular weight excluding hydrogens is 442 g/mol. The largest absolute Gasteiger partial charge is 0.317 e. The monoisotopic (exact) mass is 471 g/mol. The molecule has 0 bridgehead atoms. The van der Waals surface area contributed by atoms with Crippen LogP contribution in [-0.2, 0) is 16.6 Å². The number of rotatable bonds is 4. The lowest BCUT2D eigenvalue weighted by Gasteiger charge is -2.29. The van der Waals surface area contributed by atoms with Crippen molar-refractivity contribution in [3.8, 4) is 0 Å². The van der Waals surface area contributed by atoms with Crippen molar-refractivity contribution in [1.82, 2.24) is 8.87 Å². The molecule has 1 saturated heterocycles. The smallest absolute Gasteiger partial charge is 0.279 e. The molecule has 0 unspecified atom stereocenters. The number of fused-ring (bicyclic) bond motifs is 1. The summed E-state index contributed by atoms with van der Waals surface area (Å²) in [5.41, 5.74) is 3.80. The number of hydrogen-bond acceptors (Lipinski definition) is 4. The molecule has 3 aromatic rings. The van der Waals surface area contributed by atoms with Gasteiger partial charge in [-0.3, -0.25) is 4.79 Å². The van der Waals surface area contributed by atoms with Crippen LogP contribution in [0.25, 0.3) is 10.2 Å². The molecule has 0 atom stereocenters. The average Bonchev–Trinajstić information content (AvgIpc) is 3.11. The molecule has 170 valence electrons. The van der Waals surface area contributed by atoms with E-state index < -0.39 is 10.0 Å². The Balaban J connectivity index is 1.64. The van der Waals surface area contributed by atoms with Gasteiger partial charge < -0.3 is 4.57 Å². The van der Waals surface area contributed by atoms with E-state index >= 15 is 0 Å². The Bertz CT molecular complexity index is 1330. The van der Waals surface area contributed by atoms with Crippen LogP contribution < -0.4 is 4.80 Å². The first-order valence-electron chi connectivity index (χ1n) is 11.0. The summed E-state index contributed by atoms with van der Waals surface area (Å²) in [6.45, 7) is 10.1. The third-order valence-corrected chi connectivity index (χ3v) is 9.25. The highest BCUT2D eigenvalue weighted by molar-refractivity contribution is 7.89. The molecule has 6 nitrogen and oxygen atoms in total. The lowest BCUT2D eigenvalue weighted by Crippen LogP contribution is -2.37. The van der Waals surface area contributed by atoms with Crippen LogP contribution in [0.1, 0.15) is 48.2 Å². The lowest BCUT2D eigenvalue weighted by atomic mass is 10.0. The molecule has 32 heavy (non-hydrogen) atoms. The maximum Gasteiger partial charge on any atom is 0.279 e. The zero-order valence-corrected chi connectivity index (χ0v) is 20.6. The van der Waals surface area contributed by atoms with Crippen molar-refractivity contribution in [2.75, 3.05) is 13.1 Å². The number of nitrogens with zero attached hydrogens (tertiary/aromatic N) is 3. The molecule has 1 fully saturated rings. The van der Waals surface area contributed by atoms with Crippen LogP contribution in [0.4, 0.5) is 0 Å². The van der Waals surface area contributed by atoms with Gasteiger partial charge >= 0.3 is 0 Å². The van der Waals surface area contributed by atoms with Crippen molar-refractivity contribution in [2.45, 2.75) is 52.0 Å². The fraction of sp³-hybridized carbons (Fsp3) is 0.417. The quantitative estimate of drug-likeness (QED) is 0.562. The van der Waals surface area contributed by atoms with Crippen LogP contribution in [0.15, 0.2) is 46.3 Å². The van der Waals surface area contributed by atoms with Crippen LogP contribution >= 0.6 is 11.3 Å². The number of sulfonamides is 1. The summed E-state index contributed by atoms with van der Waals surface area (Å²) in [6.07, 6.45) is 1.75. The summed E-state index contributed by atoms with van der Waals surface area (Å²) >= 11 is 1.51. The third kappa shape index (κ3) is 4.31. The first kappa shape index (κ1) is 22.9. The number of carbonyl (C=O) groups excluding carboxylic acids is 1. The fourth-order valence-electron chi connectivity index (χ4n) is 4.20. The van der Waals surface area contributed by atoms with Gasteiger partial charge in [0.15, 0.2) is 4.80 Å². The summed E-state index contributed by atoms with van der Waals surface area (Å²) in [5.74, 6) is 0.180. The van der Waals surface area contributed by atoms with Gasteiger partial charge in [0, 0.05) is 25.2 Å². The van der Waals surface area contributed by atoms with E-state index in [1.54, 1.807) is 16.4 Å². The highest BCUT2D eigenvalue weighted by Crippen LogP contribution is 2.25. The van der Waals surface area contributed by atoms with E-state index in [1.807, 2.05) is 11.5 Å². The highest BCUT2D eigenvalue weighted by Gasteiger charge is 2.28. The zero-order chi connectivity index (χ0) is 23.0. The predicted octanol–water partition coefficient (Wildman–Crippen LogP) is 4.50. The third-order valence-electron chi connectivity index (χ3n) is 6.11. The van der Waals surface area contributed by atoms with E-state index in [9.17, 15) is 13.2 Å². The molecule has 0 saturated carbocycles. The minimum Gasteiger partial charge on any atom is -0.317 e. The summed E-state index contributed by atoms with van der Waals surface area (Å²) in [7, 11) is -3.53. The number of thiazole rings is 1. The summed E-state index contributed by atoms with van der Waals surface area (Å²) < 4.78 is 30.6. The van der Waals surface area contributed by atoms with Gasteiger partial charge in [0.2, 0.25) is 10.0 Å². The van der Waals surface area contributed by atoms with Gasteiger partial charge in [-0.15, -0.1) is 0 Å². The van der Waals surface area contributed by atoms with Crippen molar-refractivity contribution in [3.05, 3.63) is 57.9 Å². The number of aryl methyl sites for hydroxylation is 3. The van der Waals surface area contributed by atoms with Crippen LogP contribution in [0, 0.1) is 19.8 Å². The van der Waals surface area contributed by atoms with Crippen molar-refractivity contribution < 1.29 is 13.2 Å². The Labute approximate surface area is 193 Å². The van der Waals surface area contributed by atoms with Crippen molar-refractivity contribution in [3.63, 3.8) is 0 Å². The van der Waals surface area contributed by atoms with Gasteiger partial charge in [0.05, 0.1) is 15.1 Å². The van der Waals surface area contributed by atoms with Gasteiger partial charge in [-0.1, -0.05) is 24.3 Å². The number of carbonyl (C=O) groups is 1. The normalized spacial score (nSPS) is 16.7. The molecule has 1 aliphatic heterocycles. The van der Waals surface area contributed by atoms with Crippen LogP contribution in [0.5, 0.6) is 0 Å². The van der Waals surface area contributed by atoms with Crippen LogP contribution in [-0.4, -0.2) is 36.3 Å². The van der Waals surface area contributed by atoms with Gasteiger partial charge in [-0.2, -0.15) is 9.30 Å². The van der Waals surface area contributed by atoms with E-state index in [2.05, 4.69) is 37.9 Å². The zero-order valence-electron chi connectivity index (χ0n) is 19.0. The molecule has 0 radical (unpaired) electrons. The van der Waals surface area contributed by atoms with E-state index in [1.165, 1.54) is 34.6 Å². The predicted molar refractivity (Wildman–Crippen MR) is 128 cm³/mol. The minimum absolute atomic E-state index is 0.222. The highest BCUT2D eigenvalue weighted by atomic mass is 32.2. The lowest BCUT2D eigenvalue weighted by molar-refractivity contribution is 0.0997. The SMILES string of the molecule is CCn1c(=NC(=O)c2ccc(S(=O)(=O)N3CCC(C)CC3)cc2)sc2c(C)cc(C)cc21. The van der Waals surface area contributed by atoms with Gasteiger partial charge in [-0.25, -0.2) is 8.42 Å². The molecule has 1 aromatic heterocycles. The number of benzene rings is 2. The molecule has 0 aliphatic carbocycles. The Morgan fingerprint density at radius 1 is 1.12 bits per heavy atom. The van der Waals surface area contributed by atoms with Gasteiger partial charge in [-0.05, 0) is 81.0 Å². The van der Waals surface area contributed by atoms with Crippen molar-refractivity contribution in [2.24, 2.45) is 10.9 Å². The van der Waals surface area contributed by atoms with E-state index in [0.717, 1.165) is 23.1 Å². The Hall–Kier alpha value is -2.29. The number of aromatic nitrogens is 1. The molecule has 1 amide bonds. The van der Waals surface area contributed by atoms with E-state index in [0.29, 0.717) is 35.9 Å². The molecule has 4 rings (SSSR count). The summed E-state index contributed by atoms with van der Waals surface area (Å²) in [6, 6.07) is 10.4. The standard InChI is InChI=1S/C24H29N3O3S2/c1-5-27-21-15-17(3)14-18(4)22(21)31-24(27)25-23(28)19-6-8-20(9-7-19)32(29,30)26-12-10-16(2)11-13-26/h6-9,14-16H,5,10-13H2,1-4H3. The number of amides is 1. The van der Waals surface area contributed by atoms with Crippen molar-refractivity contribution in [1.29, 1.82) is 0 Å². The van der Waals surface area contributed by atoms with E-state index in [4.69, 9.17) is 0 Å². The molecule has 1 aliphatic rings. The first-order valence-corrected chi connectivity index (χ1v) is 13.3. The van der Waals surface area contributed by atoms with Crippen molar-refractivity contribution >= 4 is 37.5 Å². The summed E-state index contributed by atoms with van der Waals surface area (Å²) in [4.78, 5) is 18.1. The minimum atomic E-state index is -3.53. The summed E-state index contributed by atoms with van der Waals surface area (Å²) in [5, 5.41) is 0. The molecule has 8 heteroatoms. The molecule has 0 N–H and O–H groups in total. The second-order valence-electron chi connectivity index (χ2n) is 8.59. The Kier molecular flexibility index (Phi) is 6.38. The second-order valence-corrected chi connectivity index (χ2v) is 11.5. The maximum absolute atomic E-state index is 12.9. The number of hydrogen-bond donors (Lipinski definition) is 0. The molecule has 2 heterocycles.